The summed E-state index contributed by atoms with van der Waals surface area (Å²) in [6, 6.07) is 16.3. The maximum atomic E-state index is 12.7. The van der Waals surface area contributed by atoms with Gasteiger partial charge in [-0.1, -0.05) is 31.9 Å². The number of ether oxygens (including phenoxy) is 1. The van der Waals surface area contributed by atoms with Gasteiger partial charge in [0.1, 0.15) is 11.5 Å². The van der Waals surface area contributed by atoms with Crippen LogP contribution in [0.25, 0.3) is 0 Å². The van der Waals surface area contributed by atoms with Crippen LogP contribution in [-0.4, -0.2) is 26.0 Å². The molecule has 1 heterocycles. The number of hydrogen-bond donors (Lipinski definition) is 3. The molecule has 0 spiro atoms. The Hall–Kier alpha value is -3.21. The van der Waals surface area contributed by atoms with E-state index in [0.717, 1.165) is 19.3 Å². The number of unbranched alkanes of at least 4 members (excludes halogenated alkanes) is 2. The number of amides is 1. The molecule has 3 aromatic rings. The van der Waals surface area contributed by atoms with E-state index in [0.29, 0.717) is 29.4 Å². The van der Waals surface area contributed by atoms with Crippen LogP contribution >= 0.6 is 12.2 Å². The molecule has 0 aliphatic heterocycles. The number of hydrogen-bond acceptors (Lipinski definition) is 6. The Balaban J connectivity index is 1.55. The molecule has 3 rings (SSSR count). The summed E-state index contributed by atoms with van der Waals surface area (Å²) in [5, 5.41) is 5.59. The van der Waals surface area contributed by atoms with Crippen LogP contribution < -0.4 is 20.1 Å². The molecule has 1 aromatic heterocycles. The Morgan fingerprint density at radius 1 is 1.03 bits per heavy atom. The molecule has 0 fully saturated rings. The van der Waals surface area contributed by atoms with Crippen molar-refractivity contribution >= 4 is 38.9 Å². The molecule has 0 aliphatic carbocycles. The number of para-hydroxylation sites is 1. The molecule has 0 atom stereocenters. The lowest BCUT2D eigenvalue weighted by Crippen LogP contribution is -2.34. The highest BCUT2D eigenvalue weighted by Gasteiger charge is 2.16. The van der Waals surface area contributed by atoms with Gasteiger partial charge >= 0.3 is 0 Å². The van der Waals surface area contributed by atoms with Crippen LogP contribution in [0.4, 0.5) is 5.69 Å². The van der Waals surface area contributed by atoms with Gasteiger partial charge in [0.2, 0.25) is 10.0 Å². The van der Waals surface area contributed by atoms with Gasteiger partial charge in [-0.05, 0) is 67.2 Å². The number of rotatable bonds is 11. The number of benzene rings is 2. The predicted molar refractivity (Wildman–Crippen MR) is 134 cm³/mol. The van der Waals surface area contributed by atoms with Crippen molar-refractivity contribution in [3.63, 3.8) is 0 Å². The Kier molecular flexibility index (Phi) is 9.20. The number of furan rings is 1. The zero-order valence-electron chi connectivity index (χ0n) is 18.7. The van der Waals surface area contributed by atoms with Gasteiger partial charge in [-0.2, -0.15) is 0 Å². The first kappa shape index (κ1) is 25.4. The lowest BCUT2D eigenvalue weighted by Gasteiger charge is -2.13. The molecule has 0 unspecified atom stereocenters. The van der Waals surface area contributed by atoms with Gasteiger partial charge in [0, 0.05) is 5.69 Å². The van der Waals surface area contributed by atoms with Crippen molar-refractivity contribution in [2.24, 2.45) is 0 Å². The third-order valence-corrected chi connectivity index (χ3v) is 6.42. The summed E-state index contributed by atoms with van der Waals surface area (Å²) in [6.07, 6.45) is 4.53. The fourth-order valence-corrected chi connectivity index (χ4v) is 4.23. The number of carbonyl (C=O) groups excluding carboxylic acids is 1. The first-order valence-electron chi connectivity index (χ1n) is 10.9. The molecule has 0 saturated carbocycles. The van der Waals surface area contributed by atoms with Crippen molar-refractivity contribution in [2.75, 3.05) is 11.9 Å². The van der Waals surface area contributed by atoms with Crippen LogP contribution in [0, 0.1) is 0 Å². The number of carbonyl (C=O) groups is 1. The molecule has 34 heavy (non-hydrogen) atoms. The highest BCUT2D eigenvalue weighted by atomic mass is 32.2. The molecular formula is C24H27N3O5S2. The Morgan fingerprint density at radius 3 is 2.50 bits per heavy atom. The van der Waals surface area contributed by atoms with Gasteiger partial charge in [0.25, 0.3) is 5.91 Å². The Labute approximate surface area is 204 Å². The monoisotopic (exact) mass is 501 g/mol. The van der Waals surface area contributed by atoms with Crippen LogP contribution in [0.2, 0.25) is 0 Å². The second-order valence-corrected chi connectivity index (χ2v) is 9.56. The average Bonchev–Trinajstić information content (AvgIpc) is 3.35. The van der Waals surface area contributed by atoms with Crippen LogP contribution in [-0.2, 0) is 16.6 Å². The minimum Gasteiger partial charge on any atom is -0.493 e. The minimum atomic E-state index is -3.71. The minimum absolute atomic E-state index is 0.0508. The standard InChI is InChI=1S/C24H27N3O5S2/c1-2-3-6-15-32-22-10-5-4-9-21(22)23(28)27-24(33)26-18-11-13-20(14-12-18)34(29,30)25-17-19-8-7-16-31-19/h4-5,7-14,16,25H,2-3,6,15,17H2,1H3,(H2,26,27,28,33). The number of anilines is 1. The van der Waals surface area contributed by atoms with Gasteiger partial charge in [-0.3, -0.25) is 10.1 Å². The van der Waals surface area contributed by atoms with Crippen molar-refractivity contribution in [3.8, 4) is 5.75 Å². The van der Waals surface area contributed by atoms with E-state index in [1.165, 1.54) is 18.4 Å². The molecule has 1 amide bonds. The lowest BCUT2D eigenvalue weighted by molar-refractivity contribution is 0.0973. The zero-order valence-corrected chi connectivity index (χ0v) is 20.4. The smallest absolute Gasteiger partial charge is 0.261 e. The lowest BCUT2D eigenvalue weighted by atomic mass is 10.2. The van der Waals surface area contributed by atoms with Gasteiger partial charge in [-0.25, -0.2) is 13.1 Å². The first-order valence-corrected chi connectivity index (χ1v) is 12.7. The topological polar surface area (TPSA) is 110 Å². The van der Waals surface area contributed by atoms with Crippen molar-refractivity contribution < 1.29 is 22.4 Å². The van der Waals surface area contributed by atoms with Gasteiger partial charge in [-0.15, -0.1) is 0 Å². The maximum Gasteiger partial charge on any atom is 0.261 e. The summed E-state index contributed by atoms with van der Waals surface area (Å²) < 4.78 is 38.2. The van der Waals surface area contributed by atoms with E-state index < -0.39 is 15.9 Å². The Bertz CT molecular complexity index is 1190. The van der Waals surface area contributed by atoms with Gasteiger partial charge in [0.15, 0.2) is 5.11 Å². The number of thiocarbonyl (C=S) groups is 1. The number of sulfonamides is 1. The van der Waals surface area contributed by atoms with Crippen molar-refractivity contribution in [1.82, 2.24) is 10.0 Å². The summed E-state index contributed by atoms with van der Waals surface area (Å²) in [7, 11) is -3.71. The van der Waals surface area contributed by atoms with E-state index >= 15 is 0 Å². The van der Waals surface area contributed by atoms with Gasteiger partial charge < -0.3 is 14.5 Å². The largest absolute Gasteiger partial charge is 0.493 e. The van der Waals surface area contributed by atoms with Gasteiger partial charge in [0.05, 0.1) is 29.9 Å². The van der Waals surface area contributed by atoms with Crippen LogP contribution in [0.5, 0.6) is 5.75 Å². The molecule has 2 aromatic carbocycles. The molecule has 0 bridgehead atoms. The van der Waals surface area contributed by atoms with E-state index in [-0.39, 0.29) is 16.6 Å². The van der Waals surface area contributed by atoms with E-state index in [2.05, 4.69) is 22.3 Å². The summed E-state index contributed by atoms with van der Waals surface area (Å²) in [5.74, 6) is 0.608. The molecule has 10 heteroatoms. The van der Waals surface area contributed by atoms with Crippen molar-refractivity contribution in [1.29, 1.82) is 0 Å². The zero-order chi connectivity index (χ0) is 24.4. The second kappa shape index (κ2) is 12.3. The van der Waals surface area contributed by atoms with E-state index in [1.807, 2.05) is 6.07 Å². The van der Waals surface area contributed by atoms with E-state index in [1.54, 1.807) is 42.5 Å². The number of nitrogens with one attached hydrogen (secondary N) is 3. The summed E-state index contributed by atoms with van der Waals surface area (Å²) >= 11 is 5.25. The fraction of sp³-hybridized carbons (Fsp3) is 0.250. The van der Waals surface area contributed by atoms with E-state index in [4.69, 9.17) is 21.4 Å². The van der Waals surface area contributed by atoms with Crippen LogP contribution in [0.1, 0.15) is 42.3 Å². The van der Waals surface area contributed by atoms with Crippen molar-refractivity contribution in [2.45, 2.75) is 37.6 Å². The van der Waals surface area contributed by atoms with E-state index in [9.17, 15) is 13.2 Å². The third-order valence-electron chi connectivity index (χ3n) is 4.80. The average molecular weight is 502 g/mol. The molecule has 8 nitrogen and oxygen atoms in total. The summed E-state index contributed by atoms with van der Waals surface area (Å²) in [5.41, 5.74) is 0.909. The highest BCUT2D eigenvalue weighted by molar-refractivity contribution is 7.89. The summed E-state index contributed by atoms with van der Waals surface area (Å²) in [4.78, 5) is 12.8. The highest BCUT2D eigenvalue weighted by Crippen LogP contribution is 2.19. The SMILES string of the molecule is CCCCCOc1ccccc1C(=O)NC(=S)Nc1ccc(S(=O)(=O)NCc2ccco2)cc1. The second-order valence-electron chi connectivity index (χ2n) is 7.39. The Morgan fingerprint density at radius 2 is 1.79 bits per heavy atom. The first-order chi connectivity index (χ1) is 16.4. The molecule has 0 saturated heterocycles. The quantitative estimate of drug-likeness (QED) is 0.263. The molecule has 0 aliphatic rings. The predicted octanol–water partition coefficient (Wildman–Crippen LogP) is 4.45. The normalized spacial score (nSPS) is 11.1. The molecular weight excluding hydrogens is 474 g/mol. The molecule has 0 radical (unpaired) electrons. The molecule has 3 N–H and O–H groups in total. The van der Waals surface area contributed by atoms with Crippen LogP contribution in [0.3, 0.4) is 0 Å². The fourth-order valence-electron chi connectivity index (χ4n) is 3.03. The van der Waals surface area contributed by atoms with Crippen LogP contribution in [0.15, 0.2) is 76.2 Å². The van der Waals surface area contributed by atoms with Crippen molar-refractivity contribution in [3.05, 3.63) is 78.3 Å². The molecule has 180 valence electrons. The summed E-state index contributed by atoms with van der Waals surface area (Å²) in [6.45, 7) is 2.70. The third kappa shape index (κ3) is 7.41. The maximum absolute atomic E-state index is 12.7.